The van der Waals surface area contributed by atoms with Gasteiger partial charge >= 0.3 is 0 Å². The Bertz CT molecular complexity index is 343. The summed E-state index contributed by atoms with van der Waals surface area (Å²) in [6, 6.07) is 4.15. The fourth-order valence-corrected chi connectivity index (χ4v) is 2.73. The molecular weight excluding hydrogens is 314 g/mol. The maximum absolute atomic E-state index is 5.64. The Kier molecular flexibility index (Phi) is 7.15. The monoisotopic (exact) mass is 333 g/mol. The number of nitrogens with two attached hydrogens (primary N) is 1. The van der Waals surface area contributed by atoms with Gasteiger partial charge in [0, 0.05) is 23.8 Å². The van der Waals surface area contributed by atoms with Crippen molar-refractivity contribution in [2.24, 2.45) is 11.7 Å². The number of aromatic nitrogens is 1. The fourth-order valence-electron chi connectivity index (χ4n) is 2.50. The Morgan fingerprint density at radius 1 is 1.44 bits per heavy atom. The zero-order valence-corrected chi connectivity index (χ0v) is 12.9. The summed E-state index contributed by atoms with van der Waals surface area (Å²) < 4.78 is 1.04. The van der Waals surface area contributed by atoms with Crippen LogP contribution in [0.2, 0.25) is 0 Å². The molecule has 1 unspecified atom stereocenters. The summed E-state index contributed by atoms with van der Waals surface area (Å²) in [4.78, 5) is 6.93. The van der Waals surface area contributed by atoms with Crippen LogP contribution in [-0.2, 0) is 6.54 Å². The highest BCUT2D eigenvalue weighted by Gasteiger charge is 2.19. The standard InChI is InChI=1S/C13H20BrN3.ClH/c14-12-3-4-13(16-8-12)10-17-7-1-2-11(9-17)5-6-15;/h3-4,8,11H,1-2,5-7,9-10,15H2;1H. The smallest absolute Gasteiger partial charge is 0.0544 e. The third-order valence-corrected chi connectivity index (χ3v) is 3.82. The molecule has 102 valence electrons. The Morgan fingerprint density at radius 2 is 2.28 bits per heavy atom. The second-order valence-electron chi connectivity index (χ2n) is 4.79. The van der Waals surface area contributed by atoms with Gasteiger partial charge in [0.2, 0.25) is 0 Å². The lowest BCUT2D eigenvalue weighted by Gasteiger charge is -2.32. The van der Waals surface area contributed by atoms with Crippen LogP contribution in [0.4, 0.5) is 0 Å². The van der Waals surface area contributed by atoms with Crippen molar-refractivity contribution in [1.82, 2.24) is 9.88 Å². The molecule has 1 fully saturated rings. The lowest BCUT2D eigenvalue weighted by atomic mass is 9.95. The van der Waals surface area contributed by atoms with Crippen molar-refractivity contribution in [2.75, 3.05) is 19.6 Å². The molecule has 1 saturated heterocycles. The average molecular weight is 335 g/mol. The van der Waals surface area contributed by atoms with E-state index in [4.69, 9.17) is 5.73 Å². The first kappa shape index (κ1) is 15.9. The molecule has 1 atom stereocenters. The molecule has 1 aliphatic rings. The van der Waals surface area contributed by atoms with Gasteiger partial charge in [-0.05, 0) is 66.3 Å². The van der Waals surface area contributed by atoms with E-state index < -0.39 is 0 Å². The lowest BCUT2D eigenvalue weighted by Crippen LogP contribution is -2.35. The van der Waals surface area contributed by atoms with Gasteiger partial charge in [0.05, 0.1) is 5.69 Å². The highest BCUT2D eigenvalue weighted by molar-refractivity contribution is 9.10. The first-order chi connectivity index (χ1) is 8.28. The summed E-state index contributed by atoms with van der Waals surface area (Å²) in [7, 11) is 0. The summed E-state index contributed by atoms with van der Waals surface area (Å²) in [6.45, 7) is 4.15. The fraction of sp³-hybridized carbons (Fsp3) is 0.615. The second kappa shape index (κ2) is 8.10. The zero-order chi connectivity index (χ0) is 12.1. The van der Waals surface area contributed by atoms with E-state index in [1.807, 2.05) is 6.20 Å². The molecule has 18 heavy (non-hydrogen) atoms. The molecule has 0 aliphatic carbocycles. The minimum Gasteiger partial charge on any atom is -0.330 e. The Hall–Kier alpha value is -0.160. The predicted octanol–water partition coefficient (Wildman–Crippen LogP) is 2.83. The molecule has 1 aromatic rings. The molecule has 3 nitrogen and oxygen atoms in total. The van der Waals surface area contributed by atoms with Crippen molar-refractivity contribution in [1.29, 1.82) is 0 Å². The highest BCUT2D eigenvalue weighted by atomic mass is 79.9. The van der Waals surface area contributed by atoms with Crippen LogP contribution in [0.5, 0.6) is 0 Å². The van der Waals surface area contributed by atoms with Gasteiger partial charge in [-0.25, -0.2) is 0 Å². The summed E-state index contributed by atoms with van der Waals surface area (Å²) >= 11 is 3.41. The third-order valence-electron chi connectivity index (χ3n) is 3.35. The number of likely N-dealkylation sites (tertiary alicyclic amines) is 1. The Morgan fingerprint density at radius 3 is 2.94 bits per heavy atom. The lowest BCUT2D eigenvalue weighted by molar-refractivity contribution is 0.161. The summed E-state index contributed by atoms with van der Waals surface area (Å²) in [5.41, 5.74) is 6.79. The normalized spacial score (nSPS) is 20.4. The van der Waals surface area contributed by atoms with Crippen LogP contribution in [0.25, 0.3) is 0 Å². The predicted molar refractivity (Wildman–Crippen MR) is 80.9 cm³/mol. The van der Waals surface area contributed by atoms with Crippen LogP contribution in [-0.4, -0.2) is 29.5 Å². The molecule has 2 N–H and O–H groups in total. The largest absolute Gasteiger partial charge is 0.330 e. The van der Waals surface area contributed by atoms with Gasteiger partial charge < -0.3 is 5.73 Å². The molecule has 2 heterocycles. The molecule has 0 radical (unpaired) electrons. The van der Waals surface area contributed by atoms with Gasteiger partial charge in [-0.3, -0.25) is 9.88 Å². The van der Waals surface area contributed by atoms with E-state index in [9.17, 15) is 0 Å². The van der Waals surface area contributed by atoms with Crippen LogP contribution < -0.4 is 5.73 Å². The van der Waals surface area contributed by atoms with Crippen LogP contribution in [0.15, 0.2) is 22.8 Å². The average Bonchev–Trinajstić information content (AvgIpc) is 2.33. The number of piperidine rings is 1. The molecule has 5 heteroatoms. The molecule has 1 aliphatic heterocycles. The van der Waals surface area contributed by atoms with E-state index in [-0.39, 0.29) is 12.4 Å². The van der Waals surface area contributed by atoms with Crippen molar-refractivity contribution in [3.8, 4) is 0 Å². The van der Waals surface area contributed by atoms with Crippen molar-refractivity contribution in [2.45, 2.75) is 25.8 Å². The SMILES string of the molecule is Cl.NCCC1CCCN(Cc2ccc(Br)cn2)C1. The van der Waals surface area contributed by atoms with Crippen LogP contribution in [0.1, 0.15) is 25.0 Å². The summed E-state index contributed by atoms with van der Waals surface area (Å²) in [6.07, 6.45) is 5.66. The maximum atomic E-state index is 5.64. The van der Waals surface area contributed by atoms with Crippen molar-refractivity contribution in [3.05, 3.63) is 28.5 Å². The topological polar surface area (TPSA) is 42.1 Å². The molecule has 0 spiro atoms. The van der Waals surface area contributed by atoms with Gasteiger partial charge in [0.15, 0.2) is 0 Å². The van der Waals surface area contributed by atoms with E-state index in [2.05, 4.69) is 37.9 Å². The minimum atomic E-state index is 0. The molecule has 0 saturated carbocycles. The van der Waals surface area contributed by atoms with E-state index in [0.29, 0.717) is 0 Å². The van der Waals surface area contributed by atoms with E-state index >= 15 is 0 Å². The van der Waals surface area contributed by atoms with E-state index in [1.54, 1.807) is 0 Å². The Balaban J connectivity index is 0.00000162. The van der Waals surface area contributed by atoms with Crippen LogP contribution in [0.3, 0.4) is 0 Å². The highest BCUT2D eigenvalue weighted by Crippen LogP contribution is 2.20. The van der Waals surface area contributed by atoms with Gasteiger partial charge in [-0.15, -0.1) is 12.4 Å². The third kappa shape index (κ3) is 4.84. The van der Waals surface area contributed by atoms with E-state index in [0.717, 1.165) is 35.6 Å². The summed E-state index contributed by atoms with van der Waals surface area (Å²) in [5, 5.41) is 0. The number of nitrogens with zero attached hydrogens (tertiary/aromatic N) is 2. The van der Waals surface area contributed by atoms with Gasteiger partial charge in [-0.2, -0.15) is 0 Å². The van der Waals surface area contributed by atoms with Crippen molar-refractivity contribution in [3.63, 3.8) is 0 Å². The number of hydrogen-bond acceptors (Lipinski definition) is 3. The molecule has 0 amide bonds. The molecular formula is C13H21BrClN3. The van der Waals surface area contributed by atoms with Crippen molar-refractivity contribution >= 4 is 28.3 Å². The molecule has 2 rings (SSSR count). The molecule has 0 bridgehead atoms. The quantitative estimate of drug-likeness (QED) is 0.920. The van der Waals surface area contributed by atoms with Crippen molar-refractivity contribution < 1.29 is 0 Å². The first-order valence-corrected chi connectivity index (χ1v) is 7.10. The minimum absolute atomic E-state index is 0. The number of rotatable bonds is 4. The zero-order valence-electron chi connectivity index (χ0n) is 10.5. The molecule has 0 aromatic carbocycles. The molecule has 1 aromatic heterocycles. The maximum Gasteiger partial charge on any atom is 0.0544 e. The summed E-state index contributed by atoms with van der Waals surface area (Å²) in [5.74, 6) is 0.782. The van der Waals surface area contributed by atoms with Crippen LogP contribution in [0, 0.1) is 5.92 Å². The number of pyridine rings is 1. The van der Waals surface area contributed by atoms with E-state index in [1.165, 1.54) is 25.9 Å². The van der Waals surface area contributed by atoms with Gasteiger partial charge in [-0.1, -0.05) is 0 Å². The Labute approximate surface area is 124 Å². The van der Waals surface area contributed by atoms with Crippen LogP contribution >= 0.6 is 28.3 Å². The number of hydrogen-bond donors (Lipinski definition) is 1. The first-order valence-electron chi connectivity index (χ1n) is 6.31. The second-order valence-corrected chi connectivity index (χ2v) is 5.70. The van der Waals surface area contributed by atoms with Gasteiger partial charge in [0.25, 0.3) is 0 Å². The van der Waals surface area contributed by atoms with Gasteiger partial charge in [0.1, 0.15) is 0 Å². The number of halogens is 2.